The van der Waals surface area contributed by atoms with Gasteiger partial charge in [0.05, 0.1) is 12.0 Å². The topological polar surface area (TPSA) is 130 Å². The third kappa shape index (κ3) is 4.20. The maximum atomic E-state index is 11.7. The summed E-state index contributed by atoms with van der Waals surface area (Å²) in [5, 5.41) is 20.8. The van der Waals surface area contributed by atoms with Gasteiger partial charge in [0, 0.05) is 6.42 Å². The highest BCUT2D eigenvalue weighted by atomic mass is 16.4. The number of carboxylic acid groups (broad SMARTS) is 1. The molecule has 1 aliphatic rings. The molecule has 0 radical (unpaired) electrons. The van der Waals surface area contributed by atoms with E-state index in [9.17, 15) is 19.5 Å². The molecule has 0 aliphatic heterocycles. The average molecular weight is 272 g/mol. The summed E-state index contributed by atoms with van der Waals surface area (Å²) in [5.41, 5.74) is 3.83. The lowest BCUT2D eigenvalue weighted by Crippen LogP contribution is -2.43. The Morgan fingerprint density at radius 2 is 1.79 bits per heavy atom. The van der Waals surface area contributed by atoms with Crippen LogP contribution in [0.25, 0.3) is 0 Å². The van der Waals surface area contributed by atoms with Crippen molar-refractivity contribution in [1.82, 2.24) is 5.32 Å². The fourth-order valence-electron chi connectivity index (χ4n) is 2.38. The third-order valence-corrected chi connectivity index (χ3v) is 3.58. The van der Waals surface area contributed by atoms with Gasteiger partial charge in [-0.1, -0.05) is 19.3 Å². The predicted molar refractivity (Wildman–Crippen MR) is 66.0 cm³/mol. The van der Waals surface area contributed by atoms with E-state index in [2.05, 4.69) is 5.32 Å². The lowest BCUT2D eigenvalue weighted by Gasteiger charge is -2.32. The Morgan fingerprint density at radius 1 is 1.21 bits per heavy atom. The number of aliphatic hydroxyl groups excluding tert-OH is 1. The Morgan fingerprint density at radius 3 is 2.26 bits per heavy atom. The van der Waals surface area contributed by atoms with E-state index in [1.807, 2.05) is 0 Å². The number of carbonyl (C=O) groups is 3. The van der Waals surface area contributed by atoms with Gasteiger partial charge < -0.3 is 21.3 Å². The lowest BCUT2D eigenvalue weighted by atomic mass is 9.71. The summed E-state index contributed by atoms with van der Waals surface area (Å²) in [6.45, 7) is -0.288. The fourth-order valence-corrected chi connectivity index (χ4v) is 2.38. The molecule has 0 saturated heterocycles. The number of rotatable bonds is 6. The number of nitrogens with one attached hydrogen (secondary N) is 1. The van der Waals surface area contributed by atoms with E-state index >= 15 is 0 Å². The SMILES string of the molecule is NC(=O)C(O)CNC(=O)CC1(C(=O)O)CCCCC1. The minimum atomic E-state index is -1.45. The van der Waals surface area contributed by atoms with E-state index in [0.717, 1.165) is 19.3 Å². The first kappa shape index (κ1) is 15.4. The van der Waals surface area contributed by atoms with Crippen molar-refractivity contribution in [2.45, 2.75) is 44.6 Å². The van der Waals surface area contributed by atoms with Crippen molar-refractivity contribution in [3.8, 4) is 0 Å². The van der Waals surface area contributed by atoms with E-state index in [-0.39, 0.29) is 13.0 Å². The van der Waals surface area contributed by atoms with Gasteiger partial charge in [-0.15, -0.1) is 0 Å². The molecule has 1 fully saturated rings. The van der Waals surface area contributed by atoms with Gasteiger partial charge in [0.15, 0.2) is 0 Å². The summed E-state index contributed by atoms with van der Waals surface area (Å²) in [5.74, 6) is -2.37. The second-order valence-corrected chi connectivity index (χ2v) is 5.05. The Bertz CT molecular complexity index is 363. The minimum Gasteiger partial charge on any atom is -0.481 e. The summed E-state index contributed by atoms with van der Waals surface area (Å²) in [6, 6.07) is 0. The van der Waals surface area contributed by atoms with Crippen LogP contribution in [-0.2, 0) is 14.4 Å². The molecule has 0 bridgehead atoms. The first-order valence-corrected chi connectivity index (χ1v) is 6.35. The van der Waals surface area contributed by atoms with Crippen LogP contribution < -0.4 is 11.1 Å². The van der Waals surface area contributed by atoms with Crippen LogP contribution in [0.1, 0.15) is 38.5 Å². The minimum absolute atomic E-state index is 0.131. The molecule has 1 atom stereocenters. The van der Waals surface area contributed by atoms with E-state index in [1.54, 1.807) is 0 Å². The number of carboxylic acids is 1. The summed E-state index contributed by atoms with van der Waals surface area (Å²) < 4.78 is 0. The molecule has 0 aromatic rings. The molecule has 5 N–H and O–H groups in total. The normalized spacial score (nSPS) is 19.4. The number of primary amides is 1. The predicted octanol–water partition coefficient (Wildman–Crippen LogP) is -0.626. The molecule has 108 valence electrons. The van der Waals surface area contributed by atoms with Crippen LogP contribution in [0.5, 0.6) is 0 Å². The van der Waals surface area contributed by atoms with Crippen LogP contribution in [-0.4, -0.2) is 40.6 Å². The maximum absolute atomic E-state index is 11.7. The van der Waals surface area contributed by atoms with Gasteiger partial charge in [0.1, 0.15) is 6.10 Å². The van der Waals surface area contributed by atoms with Crippen molar-refractivity contribution in [1.29, 1.82) is 0 Å². The molecule has 1 aliphatic carbocycles. The molecule has 0 spiro atoms. The number of aliphatic hydroxyl groups is 1. The molecule has 2 amide bonds. The van der Waals surface area contributed by atoms with Crippen molar-refractivity contribution < 1.29 is 24.6 Å². The van der Waals surface area contributed by atoms with E-state index < -0.39 is 29.3 Å². The zero-order valence-corrected chi connectivity index (χ0v) is 10.7. The van der Waals surface area contributed by atoms with Crippen molar-refractivity contribution in [2.24, 2.45) is 11.1 Å². The van der Waals surface area contributed by atoms with E-state index in [1.165, 1.54) is 0 Å². The van der Waals surface area contributed by atoms with E-state index in [4.69, 9.17) is 10.8 Å². The van der Waals surface area contributed by atoms with Crippen molar-refractivity contribution >= 4 is 17.8 Å². The Hall–Kier alpha value is -1.63. The quantitative estimate of drug-likeness (QED) is 0.511. The fraction of sp³-hybridized carbons (Fsp3) is 0.750. The van der Waals surface area contributed by atoms with Crippen molar-refractivity contribution in [3.05, 3.63) is 0 Å². The third-order valence-electron chi connectivity index (χ3n) is 3.58. The van der Waals surface area contributed by atoms with Gasteiger partial charge in [-0.2, -0.15) is 0 Å². The zero-order chi connectivity index (χ0) is 14.5. The van der Waals surface area contributed by atoms with E-state index in [0.29, 0.717) is 12.8 Å². The van der Waals surface area contributed by atoms with Crippen LogP contribution in [0.4, 0.5) is 0 Å². The monoisotopic (exact) mass is 272 g/mol. The second kappa shape index (κ2) is 6.51. The first-order valence-electron chi connectivity index (χ1n) is 6.35. The number of hydrogen-bond donors (Lipinski definition) is 4. The molecule has 1 rings (SSSR count). The smallest absolute Gasteiger partial charge is 0.310 e. The maximum Gasteiger partial charge on any atom is 0.310 e. The van der Waals surface area contributed by atoms with Gasteiger partial charge in [-0.05, 0) is 12.8 Å². The number of aliphatic carboxylic acids is 1. The van der Waals surface area contributed by atoms with Crippen LogP contribution in [0.3, 0.4) is 0 Å². The molecule has 1 saturated carbocycles. The summed E-state index contributed by atoms with van der Waals surface area (Å²) in [6.07, 6.45) is 1.95. The first-order chi connectivity index (χ1) is 8.87. The second-order valence-electron chi connectivity index (χ2n) is 5.05. The Balaban J connectivity index is 2.53. The molecule has 1 unspecified atom stereocenters. The van der Waals surface area contributed by atoms with Gasteiger partial charge in [-0.3, -0.25) is 14.4 Å². The van der Waals surface area contributed by atoms with Crippen LogP contribution in [0.15, 0.2) is 0 Å². The summed E-state index contributed by atoms with van der Waals surface area (Å²) >= 11 is 0. The summed E-state index contributed by atoms with van der Waals surface area (Å²) in [7, 11) is 0. The Labute approximate surface area is 111 Å². The Kier molecular flexibility index (Phi) is 5.29. The largest absolute Gasteiger partial charge is 0.481 e. The van der Waals surface area contributed by atoms with Gasteiger partial charge >= 0.3 is 5.97 Å². The highest BCUT2D eigenvalue weighted by Crippen LogP contribution is 2.39. The number of hydrogen-bond acceptors (Lipinski definition) is 4. The number of amides is 2. The molecule has 7 heteroatoms. The highest BCUT2D eigenvalue weighted by molar-refractivity contribution is 5.85. The average Bonchev–Trinajstić information content (AvgIpc) is 2.36. The number of carbonyl (C=O) groups excluding carboxylic acids is 2. The molecule has 7 nitrogen and oxygen atoms in total. The van der Waals surface area contributed by atoms with Gasteiger partial charge in [0.2, 0.25) is 11.8 Å². The molecular weight excluding hydrogens is 252 g/mol. The van der Waals surface area contributed by atoms with Crippen molar-refractivity contribution in [3.63, 3.8) is 0 Å². The van der Waals surface area contributed by atoms with Gasteiger partial charge in [0.25, 0.3) is 0 Å². The highest BCUT2D eigenvalue weighted by Gasteiger charge is 2.41. The van der Waals surface area contributed by atoms with Crippen LogP contribution >= 0.6 is 0 Å². The molecule has 0 aromatic carbocycles. The van der Waals surface area contributed by atoms with Gasteiger partial charge in [-0.25, -0.2) is 0 Å². The molecular formula is C12H20N2O5. The van der Waals surface area contributed by atoms with Crippen LogP contribution in [0, 0.1) is 5.41 Å². The number of nitrogens with two attached hydrogens (primary N) is 1. The molecule has 0 aromatic heterocycles. The zero-order valence-electron chi connectivity index (χ0n) is 10.7. The van der Waals surface area contributed by atoms with Crippen LogP contribution in [0.2, 0.25) is 0 Å². The molecule has 0 heterocycles. The van der Waals surface area contributed by atoms with Crippen molar-refractivity contribution in [2.75, 3.05) is 6.54 Å². The molecule has 19 heavy (non-hydrogen) atoms. The standard InChI is InChI=1S/C12H20N2O5/c13-10(17)8(15)7-14-9(16)6-12(11(18)19)4-2-1-3-5-12/h8,15H,1-7H2,(H2,13,17)(H,14,16)(H,18,19). The summed E-state index contributed by atoms with van der Waals surface area (Å²) in [4.78, 5) is 33.7. The lowest BCUT2D eigenvalue weighted by molar-refractivity contribution is -0.154.